The Morgan fingerprint density at radius 3 is 2.53 bits per heavy atom. The van der Waals surface area contributed by atoms with Crippen LogP contribution in [0, 0.1) is 5.92 Å². The lowest BCUT2D eigenvalue weighted by Gasteiger charge is -2.37. The Kier molecular flexibility index (Phi) is 4.63. The maximum absolute atomic E-state index is 3.67. The van der Waals surface area contributed by atoms with Crippen molar-refractivity contribution in [2.45, 2.75) is 45.1 Å². The molecule has 2 rings (SSSR count). The second kappa shape index (κ2) is 6.01. The number of hydrogen-bond donors (Lipinski definition) is 1. The van der Waals surface area contributed by atoms with Gasteiger partial charge in [-0.15, -0.1) is 0 Å². The summed E-state index contributed by atoms with van der Waals surface area (Å²) in [7, 11) is 0. The standard InChI is InChI=1S/C15H22BrN/c1-3-11(2)10-17-15-8-13(9-15)12-4-6-14(16)7-5-12/h4-7,11,13,15,17H,3,8-10H2,1-2H3. The second-order valence-electron chi connectivity index (χ2n) is 5.34. The molecule has 0 heterocycles. The maximum atomic E-state index is 3.67. The van der Waals surface area contributed by atoms with Crippen LogP contribution in [-0.4, -0.2) is 12.6 Å². The largest absolute Gasteiger partial charge is 0.314 e. The Bertz CT molecular complexity index is 340. The molecule has 17 heavy (non-hydrogen) atoms. The molecule has 2 heteroatoms. The fraction of sp³-hybridized carbons (Fsp3) is 0.600. The van der Waals surface area contributed by atoms with Crippen LogP contribution >= 0.6 is 15.9 Å². The van der Waals surface area contributed by atoms with Crippen molar-refractivity contribution < 1.29 is 0 Å². The van der Waals surface area contributed by atoms with Crippen LogP contribution in [0.4, 0.5) is 0 Å². The third-order valence-corrected chi connectivity index (χ3v) is 4.46. The molecule has 0 bridgehead atoms. The van der Waals surface area contributed by atoms with Gasteiger partial charge in [0, 0.05) is 10.5 Å². The Morgan fingerprint density at radius 2 is 1.94 bits per heavy atom. The van der Waals surface area contributed by atoms with Gasteiger partial charge < -0.3 is 5.32 Å². The Labute approximate surface area is 113 Å². The highest BCUT2D eigenvalue weighted by atomic mass is 79.9. The van der Waals surface area contributed by atoms with E-state index in [1.807, 2.05) is 0 Å². The van der Waals surface area contributed by atoms with Gasteiger partial charge in [-0.05, 0) is 48.9 Å². The highest BCUT2D eigenvalue weighted by Crippen LogP contribution is 2.37. The van der Waals surface area contributed by atoms with Crippen molar-refractivity contribution in [2.75, 3.05) is 6.54 Å². The minimum absolute atomic E-state index is 0.748. The maximum Gasteiger partial charge on any atom is 0.0175 e. The van der Waals surface area contributed by atoms with Crippen molar-refractivity contribution in [3.63, 3.8) is 0 Å². The molecule has 0 radical (unpaired) electrons. The van der Waals surface area contributed by atoms with Crippen molar-refractivity contribution in [1.82, 2.24) is 5.32 Å². The average Bonchev–Trinajstić information content (AvgIpc) is 2.29. The van der Waals surface area contributed by atoms with Crippen LogP contribution in [0.5, 0.6) is 0 Å². The molecule has 0 amide bonds. The zero-order valence-corrected chi connectivity index (χ0v) is 12.3. The fourth-order valence-corrected chi connectivity index (χ4v) is 2.57. The molecule has 0 spiro atoms. The van der Waals surface area contributed by atoms with Gasteiger partial charge in [0.2, 0.25) is 0 Å². The molecule has 1 nitrogen and oxygen atoms in total. The van der Waals surface area contributed by atoms with Crippen LogP contribution in [0.15, 0.2) is 28.7 Å². The third-order valence-electron chi connectivity index (χ3n) is 3.93. The lowest BCUT2D eigenvalue weighted by Crippen LogP contribution is -2.41. The molecule has 1 N–H and O–H groups in total. The van der Waals surface area contributed by atoms with Crippen molar-refractivity contribution >= 4 is 15.9 Å². The van der Waals surface area contributed by atoms with Gasteiger partial charge in [0.15, 0.2) is 0 Å². The summed E-state index contributed by atoms with van der Waals surface area (Å²) < 4.78 is 1.17. The average molecular weight is 296 g/mol. The Balaban J connectivity index is 1.73. The molecule has 1 unspecified atom stereocenters. The van der Waals surface area contributed by atoms with Crippen LogP contribution in [0.1, 0.15) is 44.6 Å². The summed E-state index contributed by atoms with van der Waals surface area (Å²) in [6.07, 6.45) is 3.88. The molecule has 0 aromatic heterocycles. The summed E-state index contributed by atoms with van der Waals surface area (Å²) in [5.74, 6) is 1.58. The predicted molar refractivity (Wildman–Crippen MR) is 77.4 cm³/mol. The lowest BCUT2D eigenvalue weighted by atomic mass is 9.76. The quantitative estimate of drug-likeness (QED) is 0.852. The topological polar surface area (TPSA) is 12.0 Å². The van der Waals surface area contributed by atoms with Crippen LogP contribution in [0.3, 0.4) is 0 Å². The van der Waals surface area contributed by atoms with E-state index >= 15 is 0 Å². The summed E-state index contributed by atoms with van der Waals surface area (Å²) >= 11 is 3.48. The van der Waals surface area contributed by atoms with E-state index in [2.05, 4.69) is 59.4 Å². The third kappa shape index (κ3) is 3.56. The molecular weight excluding hydrogens is 274 g/mol. The number of benzene rings is 1. The molecule has 1 atom stereocenters. The van der Waals surface area contributed by atoms with Crippen LogP contribution < -0.4 is 5.32 Å². The second-order valence-corrected chi connectivity index (χ2v) is 6.25. The van der Waals surface area contributed by atoms with Crippen LogP contribution in [-0.2, 0) is 0 Å². The Morgan fingerprint density at radius 1 is 1.29 bits per heavy atom. The summed E-state index contributed by atoms with van der Waals surface area (Å²) in [5.41, 5.74) is 1.50. The number of nitrogens with one attached hydrogen (secondary N) is 1. The van der Waals surface area contributed by atoms with E-state index in [0.29, 0.717) is 0 Å². The first-order chi connectivity index (χ1) is 8.19. The first-order valence-corrected chi connectivity index (χ1v) is 7.47. The first kappa shape index (κ1) is 13.1. The SMILES string of the molecule is CCC(C)CNC1CC(c2ccc(Br)cc2)C1. The van der Waals surface area contributed by atoms with E-state index in [1.165, 1.54) is 35.8 Å². The van der Waals surface area contributed by atoms with Crippen LogP contribution in [0.2, 0.25) is 0 Å². The number of hydrogen-bond acceptors (Lipinski definition) is 1. The van der Waals surface area contributed by atoms with Gasteiger partial charge in [0.05, 0.1) is 0 Å². The molecule has 0 aliphatic heterocycles. The summed E-state index contributed by atoms with van der Waals surface area (Å²) in [6.45, 7) is 5.75. The van der Waals surface area contributed by atoms with E-state index < -0.39 is 0 Å². The van der Waals surface area contributed by atoms with E-state index in [0.717, 1.165) is 17.9 Å². The smallest absolute Gasteiger partial charge is 0.0175 e. The molecule has 1 saturated carbocycles. The van der Waals surface area contributed by atoms with Crippen molar-refractivity contribution in [3.8, 4) is 0 Å². The predicted octanol–water partition coefficient (Wildman–Crippen LogP) is 4.33. The first-order valence-electron chi connectivity index (χ1n) is 6.68. The van der Waals surface area contributed by atoms with Gasteiger partial charge in [0.25, 0.3) is 0 Å². The molecule has 0 saturated heterocycles. The molecule has 1 fully saturated rings. The van der Waals surface area contributed by atoms with E-state index in [1.54, 1.807) is 0 Å². The highest BCUT2D eigenvalue weighted by Gasteiger charge is 2.29. The molecule has 1 aromatic carbocycles. The summed E-state index contributed by atoms with van der Waals surface area (Å²) in [4.78, 5) is 0. The van der Waals surface area contributed by atoms with Crippen molar-refractivity contribution in [1.29, 1.82) is 0 Å². The van der Waals surface area contributed by atoms with Crippen molar-refractivity contribution in [3.05, 3.63) is 34.3 Å². The van der Waals surface area contributed by atoms with E-state index in [9.17, 15) is 0 Å². The minimum Gasteiger partial charge on any atom is -0.314 e. The monoisotopic (exact) mass is 295 g/mol. The molecule has 94 valence electrons. The molecule has 1 aliphatic rings. The van der Waals surface area contributed by atoms with Gasteiger partial charge in [-0.3, -0.25) is 0 Å². The van der Waals surface area contributed by atoms with Gasteiger partial charge in [0.1, 0.15) is 0 Å². The fourth-order valence-electron chi connectivity index (χ4n) is 2.30. The number of rotatable bonds is 5. The molecule has 1 aliphatic carbocycles. The van der Waals surface area contributed by atoms with Crippen molar-refractivity contribution in [2.24, 2.45) is 5.92 Å². The zero-order valence-electron chi connectivity index (χ0n) is 10.7. The summed E-state index contributed by atoms with van der Waals surface area (Å²) in [6, 6.07) is 9.54. The zero-order chi connectivity index (χ0) is 12.3. The summed E-state index contributed by atoms with van der Waals surface area (Å²) in [5, 5.41) is 3.67. The molecular formula is C15H22BrN. The van der Waals surface area contributed by atoms with Gasteiger partial charge in [-0.25, -0.2) is 0 Å². The van der Waals surface area contributed by atoms with Gasteiger partial charge in [-0.2, -0.15) is 0 Å². The Hall–Kier alpha value is -0.340. The highest BCUT2D eigenvalue weighted by molar-refractivity contribution is 9.10. The molecule has 1 aromatic rings. The number of halogens is 1. The van der Waals surface area contributed by atoms with E-state index in [4.69, 9.17) is 0 Å². The van der Waals surface area contributed by atoms with Gasteiger partial charge in [-0.1, -0.05) is 48.3 Å². The minimum atomic E-state index is 0.748. The van der Waals surface area contributed by atoms with Gasteiger partial charge >= 0.3 is 0 Å². The van der Waals surface area contributed by atoms with Crippen LogP contribution in [0.25, 0.3) is 0 Å². The van der Waals surface area contributed by atoms with E-state index in [-0.39, 0.29) is 0 Å². The normalized spacial score (nSPS) is 25.4. The lowest BCUT2D eigenvalue weighted by molar-refractivity contribution is 0.277.